The van der Waals surface area contributed by atoms with Crippen LogP contribution in [0.4, 0.5) is 0 Å². The largest absolute Gasteiger partial charge is 0.358 e. The summed E-state index contributed by atoms with van der Waals surface area (Å²) in [5.41, 5.74) is 4.62. The first-order valence-electron chi connectivity index (χ1n) is 6.62. The third kappa shape index (κ3) is 2.15. The van der Waals surface area contributed by atoms with Crippen molar-refractivity contribution < 1.29 is 0 Å². The predicted molar refractivity (Wildman–Crippen MR) is 78.0 cm³/mol. The van der Waals surface area contributed by atoms with Crippen molar-refractivity contribution in [2.45, 2.75) is 20.4 Å². The molecular weight excluding hydrogens is 236 g/mol. The third-order valence-electron chi connectivity index (χ3n) is 3.33. The lowest BCUT2D eigenvalue weighted by Gasteiger charge is -1.99. The first-order chi connectivity index (χ1) is 9.29. The minimum atomic E-state index is 0.776. The molecule has 0 aliphatic carbocycles. The van der Waals surface area contributed by atoms with Gasteiger partial charge in [-0.25, -0.2) is 4.98 Å². The van der Waals surface area contributed by atoms with E-state index in [0.29, 0.717) is 0 Å². The average Bonchev–Trinajstić information content (AvgIpc) is 2.99. The van der Waals surface area contributed by atoms with Crippen molar-refractivity contribution in [1.82, 2.24) is 20.3 Å². The highest BCUT2D eigenvalue weighted by Gasteiger charge is 2.12. The van der Waals surface area contributed by atoms with E-state index in [2.05, 4.69) is 52.3 Å². The zero-order valence-electron chi connectivity index (χ0n) is 11.2. The molecule has 0 atom stereocenters. The maximum Gasteiger partial charge on any atom is 0.120 e. The Morgan fingerprint density at radius 2 is 2.05 bits per heavy atom. The maximum atomic E-state index is 4.43. The van der Waals surface area contributed by atoms with E-state index in [1.807, 2.05) is 12.3 Å². The van der Waals surface area contributed by atoms with Gasteiger partial charge < -0.3 is 15.3 Å². The molecule has 0 amide bonds. The molecule has 0 bridgehead atoms. The van der Waals surface area contributed by atoms with E-state index in [4.69, 9.17) is 0 Å². The zero-order chi connectivity index (χ0) is 13.2. The van der Waals surface area contributed by atoms with Gasteiger partial charge in [0.15, 0.2) is 0 Å². The number of H-pyrrole nitrogens is 2. The number of hydrogen-bond acceptors (Lipinski definition) is 2. The van der Waals surface area contributed by atoms with Gasteiger partial charge in [-0.2, -0.15) is 0 Å². The molecule has 2 aromatic heterocycles. The normalized spacial score (nSPS) is 11.3. The van der Waals surface area contributed by atoms with Gasteiger partial charge in [-0.15, -0.1) is 0 Å². The number of benzene rings is 1. The van der Waals surface area contributed by atoms with E-state index in [9.17, 15) is 0 Å². The molecule has 0 radical (unpaired) electrons. The molecule has 3 rings (SSSR count). The Morgan fingerprint density at radius 1 is 1.21 bits per heavy atom. The van der Waals surface area contributed by atoms with Crippen LogP contribution in [0.3, 0.4) is 0 Å². The highest BCUT2D eigenvalue weighted by molar-refractivity contribution is 5.96. The Hall–Kier alpha value is -2.07. The fraction of sp³-hybridized carbons (Fsp3) is 0.267. The lowest BCUT2D eigenvalue weighted by atomic mass is 10.1. The van der Waals surface area contributed by atoms with Crippen LogP contribution in [0.1, 0.15) is 18.4 Å². The smallest absolute Gasteiger partial charge is 0.120 e. The highest BCUT2D eigenvalue weighted by Crippen LogP contribution is 2.30. The van der Waals surface area contributed by atoms with Gasteiger partial charge in [0.1, 0.15) is 5.82 Å². The second-order valence-corrected chi connectivity index (χ2v) is 4.69. The number of nitrogens with zero attached hydrogens (tertiary/aromatic N) is 1. The van der Waals surface area contributed by atoms with Crippen LogP contribution in [0.25, 0.3) is 22.2 Å². The van der Waals surface area contributed by atoms with Gasteiger partial charge in [0, 0.05) is 22.2 Å². The molecule has 2 heterocycles. The van der Waals surface area contributed by atoms with Crippen LogP contribution < -0.4 is 5.32 Å². The number of hydrogen-bond donors (Lipinski definition) is 3. The molecule has 0 spiro atoms. The first kappa shape index (κ1) is 12.0. The molecule has 0 unspecified atom stereocenters. The topological polar surface area (TPSA) is 56.5 Å². The molecule has 0 fully saturated rings. The Morgan fingerprint density at radius 3 is 2.89 bits per heavy atom. The van der Waals surface area contributed by atoms with Crippen LogP contribution in [0, 0.1) is 6.92 Å². The number of aromatic nitrogens is 3. The Labute approximate surface area is 112 Å². The minimum absolute atomic E-state index is 0.776. The molecule has 98 valence electrons. The summed E-state index contributed by atoms with van der Waals surface area (Å²) < 4.78 is 0. The summed E-state index contributed by atoms with van der Waals surface area (Å²) in [5, 5.41) is 4.51. The van der Waals surface area contributed by atoms with Crippen LogP contribution in [0.2, 0.25) is 0 Å². The van der Waals surface area contributed by atoms with E-state index in [0.717, 1.165) is 30.1 Å². The van der Waals surface area contributed by atoms with Crippen molar-refractivity contribution in [3.8, 4) is 11.3 Å². The van der Waals surface area contributed by atoms with Gasteiger partial charge in [0.2, 0.25) is 0 Å². The van der Waals surface area contributed by atoms with Crippen LogP contribution in [-0.4, -0.2) is 21.5 Å². The number of aromatic amines is 2. The Bertz CT molecular complexity index is 693. The van der Waals surface area contributed by atoms with Gasteiger partial charge in [-0.05, 0) is 19.5 Å². The van der Waals surface area contributed by atoms with Crippen LogP contribution in [0.15, 0.2) is 30.5 Å². The standard InChI is InChI=1S/C15H18N4/c1-3-16-9-14-17-8-13(19-14)15-10(2)18-12-7-5-4-6-11(12)15/h4-8,16,18H,3,9H2,1-2H3,(H,17,19). The molecule has 3 N–H and O–H groups in total. The summed E-state index contributed by atoms with van der Waals surface area (Å²) in [6.07, 6.45) is 1.91. The van der Waals surface area contributed by atoms with Crippen molar-refractivity contribution in [1.29, 1.82) is 0 Å². The monoisotopic (exact) mass is 254 g/mol. The quantitative estimate of drug-likeness (QED) is 0.670. The van der Waals surface area contributed by atoms with Crippen molar-refractivity contribution in [2.75, 3.05) is 6.54 Å². The summed E-state index contributed by atoms with van der Waals surface area (Å²) in [7, 11) is 0. The van der Waals surface area contributed by atoms with Gasteiger partial charge >= 0.3 is 0 Å². The molecule has 4 nitrogen and oxygen atoms in total. The average molecular weight is 254 g/mol. The van der Waals surface area contributed by atoms with Gasteiger partial charge in [0.05, 0.1) is 18.4 Å². The molecule has 4 heteroatoms. The lowest BCUT2D eigenvalue weighted by molar-refractivity contribution is 0.698. The second-order valence-electron chi connectivity index (χ2n) is 4.69. The molecule has 3 aromatic rings. The zero-order valence-corrected chi connectivity index (χ0v) is 11.2. The van der Waals surface area contributed by atoms with Crippen molar-refractivity contribution >= 4 is 10.9 Å². The minimum Gasteiger partial charge on any atom is -0.358 e. The Kier molecular flexibility index (Phi) is 3.09. The fourth-order valence-electron chi connectivity index (χ4n) is 2.45. The van der Waals surface area contributed by atoms with E-state index < -0.39 is 0 Å². The van der Waals surface area contributed by atoms with E-state index in [1.54, 1.807) is 0 Å². The summed E-state index contributed by atoms with van der Waals surface area (Å²) in [6.45, 7) is 5.91. The van der Waals surface area contributed by atoms with Gasteiger partial charge in [0.25, 0.3) is 0 Å². The SMILES string of the molecule is CCNCc1ncc(-c2c(C)[nH]c3ccccc23)[nH]1. The molecule has 0 aliphatic rings. The van der Waals surface area contributed by atoms with Crippen molar-refractivity contribution in [3.05, 3.63) is 42.0 Å². The van der Waals surface area contributed by atoms with Crippen molar-refractivity contribution in [2.24, 2.45) is 0 Å². The maximum absolute atomic E-state index is 4.43. The molecule has 0 saturated heterocycles. The van der Waals surface area contributed by atoms with Gasteiger partial charge in [-0.3, -0.25) is 0 Å². The number of para-hydroxylation sites is 1. The lowest BCUT2D eigenvalue weighted by Crippen LogP contribution is -2.12. The third-order valence-corrected chi connectivity index (χ3v) is 3.33. The van der Waals surface area contributed by atoms with Gasteiger partial charge in [-0.1, -0.05) is 25.1 Å². The van der Waals surface area contributed by atoms with Crippen molar-refractivity contribution in [3.63, 3.8) is 0 Å². The van der Waals surface area contributed by atoms with E-state index >= 15 is 0 Å². The molecular formula is C15H18N4. The van der Waals surface area contributed by atoms with E-state index in [1.165, 1.54) is 16.6 Å². The first-order valence-corrected chi connectivity index (χ1v) is 6.62. The summed E-state index contributed by atoms with van der Waals surface area (Å²) in [6, 6.07) is 8.35. The molecule has 19 heavy (non-hydrogen) atoms. The predicted octanol–water partition coefficient (Wildman–Crippen LogP) is 2.98. The molecule has 0 saturated carbocycles. The van der Waals surface area contributed by atoms with Crippen LogP contribution in [-0.2, 0) is 6.54 Å². The second kappa shape index (κ2) is 4.90. The van der Waals surface area contributed by atoms with Crippen LogP contribution in [0.5, 0.6) is 0 Å². The number of fused-ring (bicyclic) bond motifs is 1. The molecule has 1 aromatic carbocycles. The van der Waals surface area contributed by atoms with E-state index in [-0.39, 0.29) is 0 Å². The fourth-order valence-corrected chi connectivity index (χ4v) is 2.45. The summed E-state index contributed by atoms with van der Waals surface area (Å²) in [4.78, 5) is 11.2. The summed E-state index contributed by atoms with van der Waals surface area (Å²) in [5.74, 6) is 0.974. The Balaban J connectivity index is 2.04. The van der Waals surface area contributed by atoms with Crippen LogP contribution >= 0.6 is 0 Å². The highest BCUT2D eigenvalue weighted by atomic mass is 15.0. The number of imidazole rings is 1. The number of rotatable bonds is 4. The molecule has 0 aliphatic heterocycles. The number of nitrogens with one attached hydrogen (secondary N) is 3. The number of aryl methyl sites for hydroxylation is 1. The summed E-state index contributed by atoms with van der Waals surface area (Å²) >= 11 is 0.